The van der Waals surface area contributed by atoms with Crippen LogP contribution in [0, 0.1) is 13.8 Å². The van der Waals surface area contributed by atoms with Crippen molar-refractivity contribution in [3.05, 3.63) is 22.8 Å². The van der Waals surface area contributed by atoms with Crippen LogP contribution in [0.15, 0.2) is 4.99 Å². The molecule has 1 aliphatic heterocycles. The number of nitrogens with one attached hydrogen (secondary N) is 1. The van der Waals surface area contributed by atoms with Crippen molar-refractivity contribution in [3.63, 3.8) is 0 Å². The lowest BCUT2D eigenvalue weighted by Gasteiger charge is -2.10. The SMILES string of the molecule is Cc1nc2nc(C(F)(F)F)nn2c(C)c1CC(=O)NC1=NCCS1. The van der Waals surface area contributed by atoms with Crippen LogP contribution in [-0.4, -0.2) is 43.0 Å². The molecule has 3 heterocycles. The number of aliphatic imine (C=N–C) groups is 1. The molecule has 2 aromatic heterocycles. The number of hydrogen-bond acceptors (Lipinski definition) is 6. The Balaban J connectivity index is 1.91. The van der Waals surface area contributed by atoms with Gasteiger partial charge in [0.1, 0.15) is 0 Å². The zero-order chi connectivity index (χ0) is 17.5. The summed E-state index contributed by atoms with van der Waals surface area (Å²) >= 11 is 1.45. The summed E-state index contributed by atoms with van der Waals surface area (Å²) in [5.74, 6) is -0.875. The van der Waals surface area contributed by atoms with Gasteiger partial charge in [0.2, 0.25) is 5.91 Å². The highest BCUT2D eigenvalue weighted by Gasteiger charge is 2.37. The number of nitrogens with zero attached hydrogens (tertiary/aromatic N) is 5. The van der Waals surface area contributed by atoms with Crippen LogP contribution in [0.25, 0.3) is 5.78 Å². The number of amidine groups is 1. The Morgan fingerprint density at radius 1 is 1.33 bits per heavy atom. The van der Waals surface area contributed by atoms with Gasteiger partial charge in [0.25, 0.3) is 11.6 Å². The monoisotopic (exact) mass is 358 g/mol. The van der Waals surface area contributed by atoms with E-state index < -0.39 is 12.0 Å². The maximum atomic E-state index is 12.8. The van der Waals surface area contributed by atoms with Gasteiger partial charge in [-0.2, -0.15) is 18.2 Å². The second kappa shape index (κ2) is 6.04. The normalized spacial score (nSPS) is 15.0. The zero-order valence-corrected chi connectivity index (χ0v) is 13.6. The Labute approximate surface area is 138 Å². The van der Waals surface area contributed by atoms with Gasteiger partial charge in [-0.3, -0.25) is 9.79 Å². The Kier molecular flexibility index (Phi) is 4.20. The standard InChI is InChI=1S/C13H13F3N6OS/c1-6-8(5-9(23)19-12-17-3-4-24-12)7(2)22-11(18-6)20-10(21-22)13(14,15)16/h3-5H2,1-2H3,(H,17,19,23). The van der Waals surface area contributed by atoms with Crippen molar-refractivity contribution in [3.8, 4) is 0 Å². The molecule has 128 valence electrons. The van der Waals surface area contributed by atoms with Crippen LogP contribution in [0.3, 0.4) is 0 Å². The van der Waals surface area contributed by atoms with E-state index in [0.717, 1.165) is 10.3 Å². The fraction of sp³-hybridized carbons (Fsp3) is 0.462. The molecule has 0 atom stereocenters. The van der Waals surface area contributed by atoms with Crippen LogP contribution in [-0.2, 0) is 17.4 Å². The maximum Gasteiger partial charge on any atom is 0.453 e. The second-order valence-electron chi connectivity index (χ2n) is 5.17. The Morgan fingerprint density at radius 2 is 2.08 bits per heavy atom. The molecule has 0 aliphatic carbocycles. The van der Waals surface area contributed by atoms with Crippen molar-refractivity contribution in [1.82, 2.24) is 24.9 Å². The molecule has 0 saturated carbocycles. The minimum Gasteiger partial charge on any atom is -0.305 e. The number of hydrogen-bond donors (Lipinski definition) is 1. The van der Waals surface area contributed by atoms with Gasteiger partial charge in [0.15, 0.2) is 5.17 Å². The zero-order valence-electron chi connectivity index (χ0n) is 12.8. The third-order valence-corrected chi connectivity index (χ3v) is 4.36. The van der Waals surface area contributed by atoms with E-state index in [4.69, 9.17) is 0 Å². The van der Waals surface area contributed by atoms with Crippen molar-refractivity contribution < 1.29 is 18.0 Å². The van der Waals surface area contributed by atoms with E-state index in [9.17, 15) is 18.0 Å². The fourth-order valence-corrected chi connectivity index (χ4v) is 3.06. The fourth-order valence-electron chi connectivity index (χ4n) is 2.32. The minimum atomic E-state index is -4.65. The van der Waals surface area contributed by atoms with E-state index >= 15 is 0 Å². The van der Waals surface area contributed by atoms with Gasteiger partial charge < -0.3 is 5.32 Å². The Morgan fingerprint density at radius 3 is 2.71 bits per heavy atom. The Hall–Kier alpha value is -2.17. The van der Waals surface area contributed by atoms with Gasteiger partial charge in [-0.15, -0.1) is 5.10 Å². The van der Waals surface area contributed by atoms with Crippen LogP contribution in [0.5, 0.6) is 0 Å². The number of carbonyl (C=O) groups is 1. The summed E-state index contributed by atoms with van der Waals surface area (Å²) in [6.45, 7) is 3.87. The van der Waals surface area contributed by atoms with Crippen LogP contribution in [0.1, 0.15) is 22.8 Å². The topological polar surface area (TPSA) is 84.5 Å². The largest absolute Gasteiger partial charge is 0.453 e. The van der Waals surface area contributed by atoms with Gasteiger partial charge in [0.05, 0.1) is 13.0 Å². The summed E-state index contributed by atoms with van der Waals surface area (Å²) < 4.78 is 39.3. The number of aromatic nitrogens is 4. The molecule has 0 aromatic carbocycles. The van der Waals surface area contributed by atoms with E-state index in [-0.39, 0.29) is 18.1 Å². The van der Waals surface area contributed by atoms with Crippen molar-refractivity contribution in [2.75, 3.05) is 12.3 Å². The predicted molar refractivity (Wildman–Crippen MR) is 81.9 cm³/mol. The summed E-state index contributed by atoms with van der Waals surface area (Å²) in [7, 11) is 0. The third kappa shape index (κ3) is 3.21. The number of amides is 1. The van der Waals surface area contributed by atoms with Gasteiger partial charge in [-0.05, 0) is 13.8 Å². The van der Waals surface area contributed by atoms with Gasteiger partial charge >= 0.3 is 6.18 Å². The molecule has 24 heavy (non-hydrogen) atoms. The van der Waals surface area contributed by atoms with Crippen molar-refractivity contribution in [1.29, 1.82) is 0 Å². The molecular weight excluding hydrogens is 345 g/mol. The number of alkyl halides is 3. The molecular formula is C13H13F3N6OS. The summed E-state index contributed by atoms with van der Waals surface area (Å²) in [5.41, 5.74) is 1.36. The first-order valence-corrected chi connectivity index (χ1v) is 8.01. The third-order valence-electron chi connectivity index (χ3n) is 3.47. The van der Waals surface area contributed by atoms with Gasteiger partial charge in [-0.1, -0.05) is 11.8 Å². The van der Waals surface area contributed by atoms with Crippen molar-refractivity contribution in [2.45, 2.75) is 26.4 Å². The number of halogens is 3. The summed E-state index contributed by atoms with van der Waals surface area (Å²) in [5, 5.41) is 6.69. The molecule has 0 spiro atoms. The van der Waals surface area contributed by atoms with Gasteiger partial charge in [0, 0.05) is 22.7 Å². The van der Waals surface area contributed by atoms with E-state index in [1.54, 1.807) is 13.8 Å². The van der Waals surface area contributed by atoms with Crippen LogP contribution in [0.4, 0.5) is 13.2 Å². The second-order valence-corrected chi connectivity index (χ2v) is 6.25. The summed E-state index contributed by atoms with van der Waals surface area (Å²) in [4.78, 5) is 23.7. The molecule has 7 nitrogen and oxygen atoms in total. The number of carbonyl (C=O) groups excluding carboxylic acids is 1. The van der Waals surface area contributed by atoms with Crippen LogP contribution in [0.2, 0.25) is 0 Å². The van der Waals surface area contributed by atoms with Crippen molar-refractivity contribution >= 4 is 28.6 Å². The molecule has 0 radical (unpaired) electrons. The minimum absolute atomic E-state index is 0.0264. The molecule has 3 rings (SSSR count). The number of fused-ring (bicyclic) bond motifs is 1. The lowest BCUT2D eigenvalue weighted by Crippen LogP contribution is -2.29. The molecule has 2 aromatic rings. The Bertz CT molecular complexity index is 844. The highest BCUT2D eigenvalue weighted by molar-refractivity contribution is 8.14. The first-order valence-electron chi connectivity index (χ1n) is 7.03. The number of rotatable bonds is 2. The lowest BCUT2D eigenvalue weighted by molar-refractivity contribution is -0.144. The quantitative estimate of drug-likeness (QED) is 0.880. The van der Waals surface area contributed by atoms with E-state index in [1.165, 1.54) is 11.8 Å². The number of thioether (sulfide) groups is 1. The summed E-state index contributed by atoms with van der Waals surface area (Å²) in [6.07, 6.45) is -4.68. The summed E-state index contributed by atoms with van der Waals surface area (Å²) in [6, 6.07) is 0. The van der Waals surface area contributed by atoms with Crippen molar-refractivity contribution in [2.24, 2.45) is 4.99 Å². The molecule has 0 fully saturated rings. The maximum absolute atomic E-state index is 12.8. The molecule has 1 aliphatic rings. The van der Waals surface area contributed by atoms with Gasteiger partial charge in [-0.25, -0.2) is 9.50 Å². The van der Waals surface area contributed by atoms with E-state index in [2.05, 4.69) is 25.4 Å². The smallest absolute Gasteiger partial charge is 0.305 e. The first-order chi connectivity index (χ1) is 11.3. The highest BCUT2D eigenvalue weighted by atomic mass is 32.2. The highest BCUT2D eigenvalue weighted by Crippen LogP contribution is 2.27. The predicted octanol–water partition coefficient (Wildman–Crippen LogP) is 1.52. The average Bonchev–Trinajstić information content (AvgIpc) is 3.12. The molecule has 0 bridgehead atoms. The van der Waals surface area contributed by atoms with Crippen LogP contribution >= 0.6 is 11.8 Å². The first kappa shape index (κ1) is 16.7. The lowest BCUT2D eigenvalue weighted by atomic mass is 10.1. The molecule has 1 N–H and O–H groups in total. The molecule has 0 saturated heterocycles. The van der Waals surface area contributed by atoms with E-state index in [1.807, 2.05) is 0 Å². The number of aryl methyl sites for hydroxylation is 2. The molecule has 11 heteroatoms. The molecule has 0 unspecified atom stereocenters. The molecule has 1 amide bonds. The van der Waals surface area contributed by atoms with E-state index in [0.29, 0.717) is 28.7 Å². The average molecular weight is 358 g/mol. The van der Waals surface area contributed by atoms with Crippen LogP contribution < -0.4 is 5.32 Å².